The minimum absolute atomic E-state index is 0.187. The maximum Gasteiger partial charge on any atom is 0.292 e. The van der Waals surface area contributed by atoms with E-state index in [0.717, 1.165) is 19.3 Å². The molecule has 0 spiro atoms. The number of nitrogens with one attached hydrogen (secondary N) is 2. The average molecular weight is 393 g/mol. The van der Waals surface area contributed by atoms with Crippen LogP contribution in [-0.2, 0) is 0 Å². The van der Waals surface area contributed by atoms with Gasteiger partial charge in [-0.05, 0) is 42.2 Å². The van der Waals surface area contributed by atoms with E-state index >= 15 is 0 Å². The summed E-state index contributed by atoms with van der Waals surface area (Å²) in [4.78, 5) is 29.8. The highest BCUT2D eigenvalue weighted by molar-refractivity contribution is 6.06. The molecule has 6 heteroatoms. The van der Waals surface area contributed by atoms with Crippen molar-refractivity contribution in [3.8, 4) is 0 Å². The predicted molar refractivity (Wildman–Crippen MR) is 116 cm³/mol. The van der Waals surface area contributed by atoms with Crippen molar-refractivity contribution in [1.82, 2.24) is 14.7 Å². The molecule has 29 heavy (non-hydrogen) atoms. The molecule has 0 bridgehead atoms. The van der Waals surface area contributed by atoms with Crippen molar-refractivity contribution in [2.24, 2.45) is 0 Å². The summed E-state index contributed by atoms with van der Waals surface area (Å²) in [6.07, 6.45) is 4.82. The number of imidazole rings is 1. The molecule has 3 rings (SSSR count). The van der Waals surface area contributed by atoms with Gasteiger partial charge in [-0.25, -0.2) is 4.98 Å². The normalized spacial score (nSPS) is 11.0. The number of anilines is 1. The van der Waals surface area contributed by atoms with Gasteiger partial charge in [0.1, 0.15) is 0 Å². The first kappa shape index (κ1) is 20.6. The first-order valence-corrected chi connectivity index (χ1v) is 10.2. The highest BCUT2D eigenvalue weighted by Crippen LogP contribution is 2.19. The molecule has 1 aromatic carbocycles. The van der Waals surface area contributed by atoms with E-state index in [0.29, 0.717) is 23.7 Å². The lowest BCUT2D eigenvalue weighted by Crippen LogP contribution is -2.25. The second-order valence-corrected chi connectivity index (χ2v) is 7.43. The van der Waals surface area contributed by atoms with Crippen LogP contribution in [-0.4, -0.2) is 27.7 Å². The zero-order valence-electron chi connectivity index (χ0n) is 17.2. The lowest BCUT2D eigenvalue weighted by molar-refractivity contribution is 0.0950. The summed E-state index contributed by atoms with van der Waals surface area (Å²) in [5.74, 6) is 0.000279. The Morgan fingerprint density at radius 2 is 1.79 bits per heavy atom. The lowest BCUT2D eigenvalue weighted by atomic mass is 10.0. The maximum absolute atomic E-state index is 12.9. The molecule has 0 fully saturated rings. The van der Waals surface area contributed by atoms with Crippen LogP contribution in [0.15, 0.2) is 48.7 Å². The Kier molecular flexibility index (Phi) is 6.65. The van der Waals surface area contributed by atoms with Gasteiger partial charge in [0, 0.05) is 18.4 Å². The summed E-state index contributed by atoms with van der Waals surface area (Å²) in [6, 6.07) is 13.2. The van der Waals surface area contributed by atoms with Gasteiger partial charge in [0.15, 0.2) is 5.69 Å². The van der Waals surface area contributed by atoms with Gasteiger partial charge < -0.3 is 10.6 Å². The SMILES string of the molecule is CCCCCNC(=O)c1nc(C(=O)Nc2ccc(C(C)C)cc2)n2ccccc12. The fourth-order valence-corrected chi connectivity index (χ4v) is 3.16. The Bertz CT molecular complexity index is 990. The Hall–Kier alpha value is -3.15. The number of amides is 2. The second kappa shape index (κ2) is 9.37. The van der Waals surface area contributed by atoms with E-state index in [-0.39, 0.29) is 23.3 Å². The van der Waals surface area contributed by atoms with Gasteiger partial charge in [0.05, 0.1) is 5.52 Å². The van der Waals surface area contributed by atoms with Crippen LogP contribution in [0, 0.1) is 0 Å². The van der Waals surface area contributed by atoms with Crippen LogP contribution < -0.4 is 10.6 Å². The van der Waals surface area contributed by atoms with Crippen molar-refractivity contribution in [3.63, 3.8) is 0 Å². The summed E-state index contributed by atoms with van der Waals surface area (Å²) in [7, 11) is 0. The molecule has 3 aromatic rings. The molecule has 0 saturated heterocycles. The predicted octanol–water partition coefficient (Wildman–Crippen LogP) is 4.63. The van der Waals surface area contributed by atoms with E-state index in [2.05, 4.69) is 36.4 Å². The van der Waals surface area contributed by atoms with Crippen LogP contribution in [0.1, 0.15) is 72.6 Å². The summed E-state index contributed by atoms with van der Waals surface area (Å²) < 4.78 is 1.65. The number of aromatic nitrogens is 2. The minimum Gasteiger partial charge on any atom is -0.351 e. The molecule has 2 N–H and O–H groups in total. The van der Waals surface area contributed by atoms with Crippen LogP contribution in [0.3, 0.4) is 0 Å². The number of unbranched alkanes of at least 4 members (excludes halogenated alkanes) is 2. The number of hydrogen-bond acceptors (Lipinski definition) is 3. The van der Waals surface area contributed by atoms with Gasteiger partial charge in [0.25, 0.3) is 11.8 Å². The standard InChI is InChI=1S/C23H28N4O2/c1-4-5-7-14-24-22(28)20-19-9-6-8-15-27(19)21(26-20)23(29)25-18-12-10-17(11-13-18)16(2)3/h6,8-13,15-16H,4-5,7,14H2,1-3H3,(H,24,28)(H,25,29). The average Bonchev–Trinajstić information content (AvgIpc) is 3.11. The third kappa shape index (κ3) is 4.83. The fraction of sp³-hybridized carbons (Fsp3) is 0.348. The van der Waals surface area contributed by atoms with Crippen LogP contribution >= 0.6 is 0 Å². The number of benzene rings is 1. The summed E-state index contributed by atoms with van der Waals surface area (Å²) >= 11 is 0. The number of pyridine rings is 1. The smallest absolute Gasteiger partial charge is 0.292 e. The molecule has 2 heterocycles. The van der Waals surface area contributed by atoms with E-state index in [1.54, 1.807) is 16.7 Å². The van der Waals surface area contributed by atoms with Gasteiger partial charge in [-0.15, -0.1) is 0 Å². The van der Waals surface area contributed by atoms with Crippen molar-refractivity contribution >= 4 is 23.0 Å². The summed E-state index contributed by atoms with van der Waals surface area (Å²) in [5.41, 5.74) is 2.78. The number of fused-ring (bicyclic) bond motifs is 1. The van der Waals surface area contributed by atoms with Gasteiger partial charge >= 0.3 is 0 Å². The fourth-order valence-electron chi connectivity index (χ4n) is 3.16. The molecule has 0 unspecified atom stereocenters. The second-order valence-electron chi connectivity index (χ2n) is 7.43. The van der Waals surface area contributed by atoms with Gasteiger partial charge in [-0.3, -0.25) is 14.0 Å². The molecule has 0 aliphatic heterocycles. The van der Waals surface area contributed by atoms with Gasteiger partial charge in [-0.2, -0.15) is 0 Å². The minimum atomic E-state index is -0.353. The van der Waals surface area contributed by atoms with E-state index < -0.39 is 0 Å². The molecule has 0 saturated carbocycles. The third-order valence-corrected chi connectivity index (χ3v) is 4.87. The largest absolute Gasteiger partial charge is 0.351 e. The monoisotopic (exact) mass is 392 g/mol. The number of hydrogen-bond donors (Lipinski definition) is 2. The Labute approximate surface area is 171 Å². The maximum atomic E-state index is 12.9. The molecule has 0 aliphatic carbocycles. The van der Waals surface area contributed by atoms with E-state index in [4.69, 9.17) is 0 Å². The van der Waals surface area contributed by atoms with Crippen LogP contribution in [0.4, 0.5) is 5.69 Å². The Balaban J connectivity index is 1.81. The third-order valence-electron chi connectivity index (χ3n) is 4.87. The Morgan fingerprint density at radius 3 is 2.48 bits per heavy atom. The molecular formula is C23H28N4O2. The summed E-state index contributed by atoms with van der Waals surface area (Å²) in [6.45, 7) is 6.96. The number of rotatable bonds is 8. The van der Waals surface area contributed by atoms with Crippen molar-refractivity contribution in [3.05, 3.63) is 65.7 Å². The Morgan fingerprint density at radius 1 is 1.03 bits per heavy atom. The topological polar surface area (TPSA) is 75.5 Å². The first-order valence-electron chi connectivity index (χ1n) is 10.2. The molecule has 0 atom stereocenters. The quantitative estimate of drug-likeness (QED) is 0.549. The van der Waals surface area contributed by atoms with Gasteiger partial charge in [0.2, 0.25) is 5.82 Å². The van der Waals surface area contributed by atoms with E-state index in [9.17, 15) is 9.59 Å². The van der Waals surface area contributed by atoms with Crippen LogP contribution in [0.5, 0.6) is 0 Å². The zero-order valence-corrected chi connectivity index (χ0v) is 17.2. The molecule has 2 aromatic heterocycles. The van der Waals surface area contributed by atoms with Crippen molar-refractivity contribution < 1.29 is 9.59 Å². The molecule has 6 nitrogen and oxygen atoms in total. The van der Waals surface area contributed by atoms with E-state index in [1.807, 2.05) is 36.4 Å². The van der Waals surface area contributed by atoms with Crippen LogP contribution in [0.2, 0.25) is 0 Å². The molecule has 2 amide bonds. The molecule has 152 valence electrons. The highest BCUT2D eigenvalue weighted by Gasteiger charge is 2.21. The molecule has 0 aliphatic rings. The van der Waals surface area contributed by atoms with Crippen molar-refractivity contribution in [2.45, 2.75) is 46.0 Å². The lowest BCUT2D eigenvalue weighted by Gasteiger charge is -2.08. The number of nitrogens with zero attached hydrogens (tertiary/aromatic N) is 2. The molecular weight excluding hydrogens is 364 g/mol. The van der Waals surface area contributed by atoms with Crippen LogP contribution in [0.25, 0.3) is 5.52 Å². The van der Waals surface area contributed by atoms with Crippen molar-refractivity contribution in [1.29, 1.82) is 0 Å². The number of carbonyl (C=O) groups is 2. The zero-order chi connectivity index (χ0) is 20.8. The van der Waals surface area contributed by atoms with Gasteiger partial charge in [-0.1, -0.05) is 51.8 Å². The first-order chi connectivity index (χ1) is 14.0. The van der Waals surface area contributed by atoms with Crippen molar-refractivity contribution in [2.75, 3.05) is 11.9 Å². The number of carbonyl (C=O) groups excluding carboxylic acids is 2. The van der Waals surface area contributed by atoms with E-state index in [1.165, 1.54) is 5.56 Å². The molecule has 0 radical (unpaired) electrons. The summed E-state index contributed by atoms with van der Waals surface area (Å²) in [5, 5.41) is 5.77. The highest BCUT2D eigenvalue weighted by atomic mass is 16.2.